The third-order valence-corrected chi connectivity index (χ3v) is 6.11. The lowest BCUT2D eigenvalue weighted by Crippen LogP contribution is -2.50. The summed E-state index contributed by atoms with van der Waals surface area (Å²) in [7, 11) is 0. The molecule has 2 fully saturated rings. The summed E-state index contributed by atoms with van der Waals surface area (Å²) in [6, 6.07) is 6.42. The highest BCUT2D eigenvalue weighted by atomic mass is 127. The van der Waals surface area contributed by atoms with Crippen molar-refractivity contribution in [2.24, 2.45) is 4.99 Å². The minimum absolute atomic E-state index is 0. The predicted molar refractivity (Wildman–Crippen MR) is 141 cm³/mol. The fourth-order valence-corrected chi connectivity index (χ4v) is 4.21. The van der Waals surface area contributed by atoms with Crippen molar-refractivity contribution in [1.29, 1.82) is 0 Å². The SMILES string of the molecule is CCNC(=NCc1ccc(C)cc1OC1CCCC1)NCCN1CCN(C(C)=O)CC1.I. The van der Waals surface area contributed by atoms with Gasteiger partial charge < -0.3 is 20.3 Å². The number of amides is 1. The van der Waals surface area contributed by atoms with Gasteiger partial charge in [0.2, 0.25) is 5.91 Å². The maximum atomic E-state index is 11.5. The highest BCUT2D eigenvalue weighted by molar-refractivity contribution is 14.0. The Morgan fingerprint density at radius 2 is 1.88 bits per heavy atom. The Labute approximate surface area is 210 Å². The molecule has 0 atom stereocenters. The maximum Gasteiger partial charge on any atom is 0.219 e. The number of aryl methyl sites for hydroxylation is 1. The second kappa shape index (κ2) is 13.9. The van der Waals surface area contributed by atoms with E-state index in [4.69, 9.17) is 9.73 Å². The van der Waals surface area contributed by atoms with Gasteiger partial charge in [0, 0.05) is 58.3 Å². The largest absolute Gasteiger partial charge is 0.490 e. The Kier molecular flexibility index (Phi) is 11.6. The topological polar surface area (TPSA) is 69.2 Å². The van der Waals surface area contributed by atoms with E-state index in [1.807, 2.05) is 4.90 Å². The van der Waals surface area contributed by atoms with Gasteiger partial charge in [0.1, 0.15) is 5.75 Å². The standard InChI is InChI=1S/C24H39N5O2.HI/c1-4-25-24(26-11-12-28-13-15-29(16-14-28)20(3)30)27-18-21-10-9-19(2)17-23(21)31-22-7-5-6-8-22;/h9-10,17,22H,4-8,11-16,18H2,1-3H3,(H2,25,26,27);1H. The fourth-order valence-electron chi connectivity index (χ4n) is 4.21. The highest BCUT2D eigenvalue weighted by Crippen LogP contribution is 2.28. The highest BCUT2D eigenvalue weighted by Gasteiger charge is 2.19. The number of benzene rings is 1. The van der Waals surface area contributed by atoms with Crippen molar-refractivity contribution >= 4 is 35.8 Å². The van der Waals surface area contributed by atoms with Gasteiger partial charge in [-0.1, -0.05) is 12.1 Å². The Bertz CT molecular complexity index is 744. The number of ether oxygens (including phenoxy) is 1. The molecule has 0 radical (unpaired) electrons. The van der Waals surface area contributed by atoms with Gasteiger partial charge in [-0.25, -0.2) is 4.99 Å². The van der Waals surface area contributed by atoms with Crippen molar-refractivity contribution in [3.8, 4) is 5.75 Å². The quantitative estimate of drug-likeness (QED) is 0.292. The number of rotatable bonds is 8. The second-order valence-corrected chi connectivity index (χ2v) is 8.61. The number of piperazine rings is 1. The van der Waals surface area contributed by atoms with Crippen LogP contribution in [0, 0.1) is 6.92 Å². The lowest BCUT2D eigenvalue weighted by molar-refractivity contribution is -0.130. The van der Waals surface area contributed by atoms with Gasteiger partial charge >= 0.3 is 0 Å². The average Bonchev–Trinajstić information content (AvgIpc) is 3.26. The van der Waals surface area contributed by atoms with Crippen LogP contribution in [0.2, 0.25) is 0 Å². The van der Waals surface area contributed by atoms with E-state index < -0.39 is 0 Å². The fraction of sp³-hybridized carbons (Fsp3) is 0.667. The monoisotopic (exact) mass is 557 g/mol. The van der Waals surface area contributed by atoms with Crippen LogP contribution >= 0.6 is 24.0 Å². The van der Waals surface area contributed by atoms with Crippen LogP contribution in [-0.2, 0) is 11.3 Å². The van der Waals surface area contributed by atoms with Crippen LogP contribution in [0.15, 0.2) is 23.2 Å². The molecule has 3 rings (SSSR count). The van der Waals surface area contributed by atoms with Gasteiger partial charge in [-0.2, -0.15) is 0 Å². The molecule has 1 aromatic carbocycles. The van der Waals surface area contributed by atoms with Crippen LogP contribution in [0.4, 0.5) is 0 Å². The van der Waals surface area contributed by atoms with E-state index in [2.05, 4.69) is 47.6 Å². The molecule has 32 heavy (non-hydrogen) atoms. The summed E-state index contributed by atoms with van der Waals surface area (Å²) in [5.74, 6) is 1.99. The predicted octanol–water partition coefficient (Wildman–Crippen LogP) is 3.15. The van der Waals surface area contributed by atoms with E-state index in [-0.39, 0.29) is 29.9 Å². The van der Waals surface area contributed by atoms with Crippen LogP contribution in [0.5, 0.6) is 5.75 Å². The zero-order valence-electron chi connectivity index (χ0n) is 19.9. The molecular weight excluding hydrogens is 517 g/mol. The first-order valence-corrected chi connectivity index (χ1v) is 11.8. The van der Waals surface area contributed by atoms with Crippen molar-refractivity contribution in [3.63, 3.8) is 0 Å². The molecule has 1 saturated carbocycles. The number of nitrogens with zero attached hydrogens (tertiary/aromatic N) is 3. The zero-order chi connectivity index (χ0) is 22.1. The second-order valence-electron chi connectivity index (χ2n) is 8.61. The van der Waals surface area contributed by atoms with Gasteiger partial charge in [-0.15, -0.1) is 24.0 Å². The normalized spacial score (nSPS) is 17.7. The first-order chi connectivity index (χ1) is 15.0. The summed E-state index contributed by atoms with van der Waals surface area (Å²) < 4.78 is 6.32. The molecule has 0 aromatic heterocycles. The number of hydrogen-bond donors (Lipinski definition) is 2. The molecule has 1 aromatic rings. The van der Waals surface area contributed by atoms with Crippen molar-refractivity contribution in [2.75, 3.05) is 45.8 Å². The van der Waals surface area contributed by atoms with E-state index in [0.29, 0.717) is 12.6 Å². The molecule has 1 saturated heterocycles. The molecule has 7 nitrogen and oxygen atoms in total. The van der Waals surface area contributed by atoms with Gasteiger partial charge in [0.05, 0.1) is 12.6 Å². The van der Waals surface area contributed by atoms with Gasteiger partial charge in [-0.3, -0.25) is 9.69 Å². The summed E-state index contributed by atoms with van der Waals surface area (Å²) in [4.78, 5) is 20.6. The van der Waals surface area contributed by atoms with Crippen LogP contribution in [0.25, 0.3) is 0 Å². The lowest BCUT2D eigenvalue weighted by atomic mass is 10.1. The minimum atomic E-state index is 0. The molecule has 180 valence electrons. The summed E-state index contributed by atoms with van der Waals surface area (Å²) >= 11 is 0. The number of aliphatic imine (C=N–C) groups is 1. The van der Waals surface area contributed by atoms with Crippen molar-refractivity contribution in [2.45, 2.75) is 59.1 Å². The van der Waals surface area contributed by atoms with E-state index in [1.165, 1.54) is 18.4 Å². The average molecular weight is 558 g/mol. The molecular formula is C24H40IN5O2. The third-order valence-electron chi connectivity index (χ3n) is 6.11. The van der Waals surface area contributed by atoms with Gasteiger partial charge in [-0.05, 0) is 51.2 Å². The van der Waals surface area contributed by atoms with Crippen LogP contribution in [0.1, 0.15) is 50.7 Å². The van der Waals surface area contributed by atoms with Crippen LogP contribution in [-0.4, -0.2) is 73.6 Å². The number of nitrogens with one attached hydrogen (secondary N) is 2. The maximum absolute atomic E-state index is 11.5. The van der Waals surface area contributed by atoms with E-state index in [9.17, 15) is 4.79 Å². The molecule has 1 aliphatic carbocycles. The van der Waals surface area contributed by atoms with Gasteiger partial charge in [0.25, 0.3) is 0 Å². The molecule has 1 aliphatic heterocycles. The van der Waals surface area contributed by atoms with E-state index in [1.54, 1.807) is 6.92 Å². The molecule has 0 bridgehead atoms. The molecule has 0 unspecified atom stereocenters. The minimum Gasteiger partial charge on any atom is -0.490 e. The first kappa shape index (κ1) is 26.7. The van der Waals surface area contributed by atoms with E-state index in [0.717, 1.165) is 75.9 Å². The van der Waals surface area contributed by atoms with Gasteiger partial charge in [0.15, 0.2) is 5.96 Å². The first-order valence-electron chi connectivity index (χ1n) is 11.8. The summed E-state index contributed by atoms with van der Waals surface area (Å²) in [5, 5.41) is 6.80. The molecule has 0 spiro atoms. The zero-order valence-corrected chi connectivity index (χ0v) is 22.2. The number of carbonyl (C=O) groups excluding carboxylic acids is 1. The summed E-state index contributed by atoms with van der Waals surface area (Å²) in [6.07, 6.45) is 5.19. The summed E-state index contributed by atoms with van der Waals surface area (Å²) in [6.45, 7) is 12.5. The Hall–Kier alpha value is -1.55. The molecule has 1 heterocycles. The van der Waals surface area contributed by atoms with Crippen LogP contribution in [0.3, 0.4) is 0 Å². The Morgan fingerprint density at radius 3 is 2.53 bits per heavy atom. The van der Waals surface area contributed by atoms with Crippen molar-refractivity contribution < 1.29 is 9.53 Å². The lowest BCUT2D eigenvalue weighted by Gasteiger charge is -2.34. The molecule has 8 heteroatoms. The van der Waals surface area contributed by atoms with E-state index >= 15 is 0 Å². The molecule has 2 N–H and O–H groups in total. The van der Waals surface area contributed by atoms with Crippen molar-refractivity contribution in [3.05, 3.63) is 29.3 Å². The number of guanidine groups is 1. The van der Waals surface area contributed by atoms with Crippen LogP contribution < -0.4 is 15.4 Å². The Balaban J connectivity index is 0.00000363. The Morgan fingerprint density at radius 1 is 1.16 bits per heavy atom. The summed E-state index contributed by atoms with van der Waals surface area (Å²) in [5.41, 5.74) is 2.35. The van der Waals surface area contributed by atoms with Crippen molar-refractivity contribution in [1.82, 2.24) is 20.4 Å². The third kappa shape index (κ3) is 8.42. The number of hydrogen-bond acceptors (Lipinski definition) is 4. The molecule has 1 amide bonds. The number of carbonyl (C=O) groups is 1. The smallest absolute Gasteiger partial charge is 0.219 e. The molecule has 2 aliphatic rings. The number of halogens is 1.